The molecular weight excluding hydrogens is 378 g/mol. The molecule has 0 saturated carbocycles. The van der Waals surface area contributed by atoms with Crippen LogP contribution in [-0.2, 0) is 30.6 Å². The molecule has 154 valence electrons. The SMILES string of the molecule is CCCC(=O)Cc1cc2n(c(=O)c1CC)Cc1c-2nc2ccc(N=O)cc2c1CC. The molecule has 30 heavy (non-hydrogen) atoms. The molecule has 6 heteroatoms. The van der Waals surface area contributed by atoms with Crippen molar-refractivity contribution < 1.29 is 4.79 Å². The zero-order chi connectivity index (χ0) is 21.4. The molecule has 0 radical (unpaired) electrons. The van der Waals surface area contributed by atoms with Gasteiger partial charge in [0.1, 0.15) is 11.5 Å². The van der Waals surface area contributed by atoms with E-state index in [9.17, 15) is 14.5 Å². The van der Waals surface area contributed by atoms with Gasteiger partial charge >= 0.3 is 0 Å². The Kier molecular flexibility index (Phi) is 5.33. The lowest BCUT2D eigenvalue weighted by Crippen LogP contribution is -2.25. The fourth-order valence-electron chi connectivity index (χ4n) is 4.57. The van der Waals surface area contributed by atoms with Crippen LogP contribution in [0.15, 0.2) is 34.2 Å². The van der Waals surface area contributed by atoms with Gasteiger partial charge in [-0.05, 0) is 59.8 Å². The molecule has 0 atom stereocenters. The van der Waals surface area contributed by atoms with E-state index < -0.39 is 0 Å². The van der Waals surface area contributed by atoms with Gasteiger partial charge < -0.3 is 4.57 Å². The molecule has 0 bridgehead atoms. The molecule has 0 aliphatic carbocycles. The van der Waals surface area contributed by atoms with Crippen molar-refractivity contribution in [3.8, 4) is 11.4 Å². The summed E-state index contributed by atoms with van der Waals surface area (Å²) in [6.45, 7) is 6.47. The molecule has 4 rings (SSSR count). The Balaban J connectivity index is 1.94. The van der Waals surface area contributed by atoms with Gasteiger partial charge in [-0.3, -0.25) is 9.59 Å². The number of hydrogen-bond donors (Lipinski definition) is 0. The highest BCUT2D eigenvalue weighted by Crippen LogP contribution is 2.37. The predicted molar refractivity (Wildman–Crippen MR) is 118 cm³/mol. The predicted octanol–water partition coefficient (Wildman–Crippen LogP) is 4.86. The minimum Gasteiger partial charge on any atom is -0.302 e. The van der Waals surface area contributed by atoms with Gasteiger partial charge in [0.15, 0.2) is 0 Å². The zero-order valence-electron chi connectivity index (χ0n) is 17.6. The van der Waals surface area contributed by atoms with Gasteiger partial charge in [0.25, 0.3) is 5.56 Å². The molecule has 6 nitrogen and oxygen atoms in total. The highest BCUT2D eigenvalue weighted by Gasteiger charge is 2.27. The maximum absolute atomic E-state index is 13.3. The summed E-state index contributed by atoms with van der Waals surface area (Å²) in [6, 6.07) is 7.22. The van der Waals surface area contributed by atoms with E-state index in [1.807, 2.05) is 19.9 Å². The number of nitrogens with zero attached hydrogens (tertiary/aromatic N) is 3. The third kappa shape index (κ3) is 3.16. The fourth-order valence-corrected chi connectivity index (χ4v) is 4.57. The van der Waals surface area contributed by atoms with Crippen molar-refractivity contribution in [1.82, 2.24) is 9.55 Å². The van der Waals surface area contributed by atoms with Gasteiger partial charge in [-0.1, -0.05) is 20.8 Å². The van der Waals surface area contributed by atoms with Crippen LogP contribution in [0, 0.1) is 4.91 Å². The van der Waals surface area contributed by atoms with Gasteiger partial charge in [-0.15, -0.1) is 4.91 Å². The molecular formula is C24H25N3O3. The Labute approximate surface area is 174 Å². The third-order valence-corrected chi connectivity index (χ3v) is 5.97. The van der Waals surface area contributed by atoms with Crippen molar-refractivity contribution in [2.24, 2.45) is 5.18 Å². The van der Waals surface area contributed by atoms with E-state index in [2.05, 4.69) is 12.1 Å². The van der Waals surface area contributed by atoms with E-state index in [0.717, 1.165) is 51.8 Å². The van der Waals surface area contributed by atoms with Crippen LogP contribution < -0.4 is 5.56 Å². The topological polar surface area (TPSA) is 81.4 Å². The number of ketones is 1. The Bertz CT molecular complexity index is 1240. The maximum Gasteiger partial charge on any atom is 0.254 e. The minimum absolute atomic E-state index is 0.0337. The molecule has 1 aliphatic heterocycles. The first-order valence-corrected chi connectivity index (χ1v) is 10.6. The van der Waals surface area contributed by atoms with Crippen LogP contribution in [-0.4, -0.2) is 15.3 Å². The fraction of sp³-hybridized carbons (Fsp3) is 0.375. The zero-order valence-corrected chi connectivity index (χ0v) is 17.6. The lowest BCUT2D eigenvalue weighted by atomic mass is 9.97. The average molecular weight is 403 g/mol. The summed E-state index contributed by atoms with van der Waals surface area (Å²) in [7, 11) is 0. The van der Waals surface area contributed by atoms with Crippen LogP contribution in [0.1, 0.15) is 55.9 Å². The van der Waals surface area contributed by atoms with Gasteiger partial charge in [0, 0.05) is 29.4 Å². The standard InChI is InChI=1S/C24H25N3O3/c1-4-7-16(28)10-14-11-22-23-20(13-27(22)24(29)17(14)5-2)18(6-3)19-12-15(26-30)8-9-21(19)25-23/h8-9,11-12H,4-7,10,13H2,1-3H3. The average Bonchev–Trinajstić information content (AvgIpc) is 3.10. The number of fused-ring (bicyclic) bond motifs is 4. The van der Waals surface area contributed by atoms with Crippen LogP contribution in [0.4, 0.5) is 5.69 Å². The van der Waals surface area contributed by atoms with Gasteiger partial charge in [0.05, 0.1) is 23.4 Å². The molecule has 1 aromatic carbocycles. The molecule has 0 saturated heterocycles. The number of nitroso groups, excluding NO2 is 1. The number of carbonyl (C=O) groups is 1. The highest BCUT2D eigenvalue weighted by molar-refractivity contribution is 5.90. The number of carbonyl (C=O) groups excluding carboxylic acids is 1. The monoisotopic (exact) mass is 403 g/mol. The molecule has 0 fully saturated rings. The largest absolute Gasteiger partial charge is 0.302 e. The van der Waals surface area contributed by atoms with Crippen molar-refractivity contribution in [3.05, 3.63) is 61.8 Å². The molecule has 2 aromatic heterocycles. The van der Waals surface area contributed by atoms with Gasteiger partial charge in [0.2, 0.25) is 0 Å². The first kappa shape index (κ1) is 20.1. The number of aromatic nitrogens is 2. The molecule has 3 heterocycles. The van der Waals surface area contributed by atoms with Gasteiger partial charge in [-0.25, -0.2) is 4.98 Å². The van der Waals surface area contributed by atoms with Crippen LogP contribution >= 0.6 is 0 Å². The second kappa shape index (κ2) is 7.94. The lowest BCUT2D eigenvalue weighted by molar-refractivity contribution is -0.118. The number of aryl methyl sites for hydroxylation is 1. The Hall–Kier alpha value is -3.15. The highest BCUT2D eigenvalue weighted by atomic mass is 16.3. The van der Waals surface area contributed by atoms with Crippen molar-refractivity contribution in [3.63, 3.8) is 0 Å². The molecule has 0 unspecified atom stereocenters. The summed E-state index contributed by atoms with van der Waals surface area (Å²) in [6.07, 6.45) is 2.97. The number of pyridine rings is 2. The third-order valence-electron chi connectivity index (χ3n) is 5.97. The van der Waals surface area contributed by atoms with Gasteiger partial charge in [-0.2, -0.15) is 0 Å². The summed E-state index contributed by atoms with van der Waals surface area (Å²) in [5, 5.41) is 3.96. The molecule has 3 aromatic rings. The summed E-state index contributed by atoms with van der Waals surface area (Å²) in [5.41, 5.74) is 6.34. The summed E-state index contributed by atoms with van der Waals surface area (Å²) in [4.78, 5) is 41.4. The van der Waals surface area contributed by atoms with Crippen LogP contribution in [0.5, 0.6) is 0 Å². The van der Waals surface area contributed by atoms with Crippen molar-refractivity contribution >= 4 is 22.4 Å². The first-order chi connectivity index (χ1) is 14.5. The normalized spacial score (nSPS) is 12.1. The van der Waals surface area contributed by atoms with Crippen molar-refractivity contribution in [2.75, 3.05) is 0 Å². The first-order valence-electron chi connectivity index (χ1n) is 10.6. The molecule has 0 spiro atoms. The van der Waals surface area contributed by atoms with E-state index in [1.165, 1.54) is 0 Å². The van der Waals surface area contributed by atoms with Crippen LogP contribution in [0.2, 0.25) is 0 Å². The summed E-state index contributed by atoms with van der Waals surface area (Å²) < 4.78 is 1.78. The second-order valence-electron chi connectivity index (χ2n) is 7.81. The molecule has 1 aliphatic rings. The molecule has 0 amide bonds. The maximum atomic E-state index is 13.3. The quantitative estimate of drug-likeness (QED) is 0.413. The number of rotatable bonds is 7. The van der Waals surface area contributed by atoms with E-state index in [1.54, 1.807) is 22.8 Å². The second-order valence-corrected chi connectivity index (χ2v) is 7.81. The number of Topliss-reactive ketones (excluding diaryl/α,β-unsaturated/α-hetero) is 1. The van der Waals surface area contributed by atoms with E-state index in [0.29, 0.717) is 30.6 Å². The number of hydrogen-bond acceptors (Lipinski definition) is 5. The van der Waals surface area contributed by atoms with Crippen molar-refractivity contribution in [1.29, 1.82) is 0 Å². The van der Waals surface area contributed by atoms with E-state index in [4.69, 9.17) is 4.98 Å². The smallest absolute Gasteiger partial charge is 0.254 e. The van der Waals surface area contributed by atoms with Crippen LogP contribution in [0.25, 0.3) is 22.3 Å². The van der Waals surface area contributed by atoms with Crippen LogP contribution in [0.3, 0.4) is 0 Å². The summed E-state index contributed by atoms with van der Waals surface area (Å²) in [5.74, 6) is 0.157. The molecule has 0 N–H and O–H groups in total. The minimum atomic E-state index is -0.0337. The van der Waals surface area contributed by atoms with E-state index in [-0.39, 0.29) is 17.8 Å². The Morgan fingerprint density at radius 3 is 2.57 bits per heavy atom. The number of benzene rings is 1. The van der Waals surface area contributed by atoms with E-state index >= 15 is 0 Å². The Morgan fingerprint density at radius 2 is 1.90 bits per heavy atom. The van der Waals surface area contributed by atoms with Crippen molar-refractivity contribution in [2.45, 2.75) is 59.4 Å². The summed E-state index contributed by atoms with van der Waals surface area (Å²) >= 11 is 0. The lowest BCUT2D eigenvalue weighted by Gasteiger charge is -2.12. The Morgan fingerprint density at radius 1 is 1.13 bits per heavy atom.